The van der Waals surface area contributed by atoms with Crippen LogP contribution in [-0.2, 0) is 14.4 Å². The largest absolute Gasteiger partial charge is 0.356 e. The number of unbranched alkanes of at least 4 members (excludes halogenated alkanes) is 1. The topological polar surface area (TPSA) is 69.7 Å². The lowest BCUT2D eigenvalue weighted by Gasteiger charge is -2.30. The van der Waals surface area contributed by atoms with Crippen molar-refractivity contribution in [2.75, 3.05) is 32.7 Å². The summed E-state index contributed by atoms with van der Waals surface area (Å²) in [6, 6.07) is 0. The van der Waals surface area contributed by atoms with Crippen LogP contribution in [0.5, 0.6) is 0 Å². The maximum Gasteiger partial charge on any atom is 0.233 e. The Morgan fingerprint density at radius 1 is 1.00 bits per heavy atom. The minimum atomic E-state index is -0.119. The first-order chi connectivity index (χ1) is 13.1. The van der Waals surface area contributed by atoms with Crippen molar-refractivity contribution < 1.29 is 14.4 Å². The van der Waals surface area contributed by atoms with E-state index < -0.39 is 0 Å². The SMILES string of the molecule is CC1CCCN(CCCCNC(=O)CCN2C(=O)C3CCCCC3C2=O)C1. The van der Waals surface area contributed by atoms with Gasteiger partial charge >= 0.3 is 0 Å². The highest BCUT2D eigenvalue weighted by Crippen LogP contribution is 2.37. The molecule has 3 rings (SSSR count). The van der Waals surface area contributed by atoms with Crippen LogP contribution in [0.2, 0.25) is 0 Å². The Morgan fingerprint density at radius 2 is 1.70 bits per heavy atom. The minimum absolute atomic E-state index is 0.0479. The van der Waals surface area contributed by atoms with Gasteiger partial charge in [0, 0.05) is 26.1 Å². The molecule has 3 atom stereocenters. The third kappa shape index (κ3) is 5.31. The summed E-state index contributed by atoms with van der Waals surface area (Å²) in [7, 11) is 0. The number of carbonyl (C=O) groups excluding carboxylic acids is 3. The molecule has 6 nitrogen and oxygen atoms in total. The van der Waals surface area contributed by atoms with Crippen molar-refractivity contribution >= 4 is 17.7 Å². The molecule has 0 bridgehead atoms. The summed E-state index contributed by atoms with van der Waals surface area (Å²) in [5.74, 6) is 0.413. The number of fused-ring (bicyclic) bond motifs is 1. The first-order valence-electron chi connectivity index (χ1n) is 10.9. The number of likely N-dealkylation sites (tertiary alicyclic amines) is 2. The quantitative estimate of drug-likeness (QED) is 0.520. The van der Waals surface area contributed by atoms with E-state index >= 15 is 0 Å². The summed E-state index contributed by atoms with van der Waals surface area (Å²) in [6.45, 7) is 6.75. The number of hydrogen-bond donors (Lipinski definition) is 1. The summed E-state index contributed by atoms with van der Waals surface area (Å²) in [4.78, 5) is 40.7. The Kier molecular flexibility index (Phi) is 7.27. The van der Waals surface area contributed by atoms with Crippen molar-refractivity contribution in [1.29, 1.82) is 0 Å². The number of nitrogens with one attached hydrogen (secondary N) is 1. The van der Waals surface area contributed by atoms with Gasteiger partial charge in [0.15, 0.2) is 0 Å². The van der Waals surface area contributed by atoms with Gasteiger partial charge in [0.05, 0.1) is 11.8 Å². The standard InChI is InChI=1S/C21H35N3O3/c1-16-7-6-13-23(15-16)12-5-4-11-22-19(25)10-14-24-20(26)17-8-2-3-9-18(17)21(24)27/h16-18H,2-15H2,1H3,(H,22,25). The number of imide groups is 1. The average Bonchev–Trinajstić information content (AvgIpc) is 2.91. The highest BCUT2D eigenvalue weighted by molar-refractivity contribution is 6.05. The zero-order valence-corrected chi connectivity index (χ0v) is 16.8. The molecular formula is C21H35N3O3. The van der Waals surface area contributed by atoms with Crippen LogP contribution in [0.3, 0.4) is 0 Å². The molecule has 27 heavy (non-hydrogen) atoms. The smallest absolute Gasteiger partial charge is 0.233 e. The van der Waals surface area contributed by atoms with Gasteiger partial charge in [0.1, 0.15) is 0 Å². The fourth-order valence-corrected chi connectivity index (χ4v) is 4.93. The van der Waals surface area contributed by atoms with Crippen LogP contribution in [-0.4, -0.2) is 60.2 Å². The number of hydrogen-bond acceptors (Lipinski definition) is 4. The molecule has 152 valence electrons. The molecule has 0 aromatic rings. The highest BCUT2D eigenvalue weighted by Gasteiger charge is 2.47. The molecule has 2 saturated heterocycles. The number of rotatable bonds is 8. The van der Waals surface area contributed by atoms with Crippen molar-refractivity contribution in [3.8, 4) is 0 Å². The Balaban J connectivity index is 1.28. The molecule has 1 aliphatic carbocycles. The number of amides is 3. The first kappa shape index (κ1) is 20.3. The highest BCUT2D eigenvalue weighted by atomic mass is 16.2. The molecular weight excluding hydrogens is 342 g/mol. The van der Waals surface area contributed by atoms with E-state index in [-0.39, 0.29) is 42.5 Å². The van der Waals surface area contributed by atoms with Crippen molar-refractivity contribution in [3.05, 3.63) is 0 Å². The summed E-state index contributed by atoms with van der Waals surface area (Å²) in [6.07, 6.45) is 8.66. The fraction of sp³-hybridized carbons (Fsp3) is 0.857. The third-order valence-corrected chi connectivity index (χ3v) is 6.46. The normalized spacial score (nSPS) is 29.1. The lowest BCUT2D eigenvalue weighted by Crippen LogP contribution is -2.36. The Morgan fingerprint density at radius 3 is 2.37 bits per heavy atom. The third-order valence-electron chi connectivity index (χ3n) is 6.46. The van der Waals surface area contributed by atoms with Gasteiger partial charge < -0.3 is 10.2 Å². The van der Waals surface area contributed by atoms with Gasteiger partial charge in [-0.3, -0.25) is 19.3 Å². The van der Waals surface area contributed by atoms with E-state index in [1.807, 2.05) is 0 Å². The van der Waals surface area contributed by atoms with Gasteiger partial charge in [0.25, 0.3) is 0 Å². The van der Waals surface area contributed by atoms with E-state index in [1.165, 1.54) is 30.8 Å². The number of nitrogens with zero attached hydrogens (tertiary/aromatic N) is 2. The maximum atomic E-state index is 12.4. The van der Waals surface area contributed by atoms with Crippen LogP contribution in [0, 0.1) is 17.8 Å². The molecule has 3 aliphatic rings. The van der Waals surface area contributed by atoms with Gasteiger partial charge in [-0.05, 0) is 57.5 Å². The molecule has 0 aromatic heterocycles. The van der Waals surface area contributed by atoms with E-state index in [4.69, 9.17) is 0 Å². The van der Waals surface area contributed by atoms with Crippen molar-refractivity contribution in [2.45, 2.75) is 64.7 Å². The first-order valence-corrected chi connectivity index (χ1v) is 10.9. The summed E-state index contributed by atoms with van der Waals surface area (Å²) in [5, 5.41) is 2.94. The molecule has 6 heteroatoms. The Labute approximate surface area is 163 Å². The lowest BCUT2D eigenvalue weighted by molar-refractivity contribution is -0.140. The van der Waals surface area contributed by atoms with Crippen LogP contribution in [0.25, 0.3) is 0 Å². The molecule has 0 spiro atoms. The average molecular weight is 378 g/mol. The predicted molar refractivity (Wildman–Crippen MR) is 104 cm³/mol. The van der Waals surface area contributed by atoms with Crippen LogP contribution in [0.4, 0.5) is 0 Å². The van der Waals surface area contributed by atoms with Gasteiger partial charge in [-0.2, -0.15) is 0 Å². The second kappa shape index (κ2) is 9.67. The Bertz CT molecular complexity index is 527. The molecule has 2 aliphatic heterocycles. The second-order valence-corrected chi connectivity index (χ2v) is 8.68. The van der Waals surface area contributed by atoms with Gasteiger partial charge in [-0.1, -0.05) is 19.8 Å². The summed E-state index contributed by atoms with van der Waals surface area (Å²) in [5.41, 5.74) is 0. The summed E-state index contributed by atoms with van der Waals surface area (Å²) < 4.78 is 0. The minimum Gasteiger partial charge on any atom is -0.356 e. The van der Waals surface area contributed by atoms with E-state index in [1.54, 1.807) is 0 Å². The predicted octanol–water partition coefficient (Wildman–Crippen LogP) is 2.18. The van der Waals surface area contributed by atoms with E-state index in [0.29, 0.717) is 6.54 Å². The number of piperidine rings is 1. The van der Waals surface area contributed by atoms with Crippen molar-refractivity contribution in [1.82, 2.24) is 15.1 Å². The Hall–Kier alpha value is -1.43. The molecule has 3 fully saturated rings. The van der Waals surface area contributed by atoms with Crippen LogP contribution in [0.15, 0.2) is 0 Å². The molecule has 1 N–H and O–H groups in total. The van der Waals surface area contributed by atoms with Crippen molar-refractivity contribution in [2.24, 2.45) is 17.8 Å². The molecule has 3 unspecified atom stereocenters. The zero-order chi connectivity index (χ0) is 19.2. The molecule has 0 radical (unpaired) electrons. The lowest BCUT2D eigenvalue weighted by atomic mass is 9.81. The van der Waals surface area contributed by atoms with Gasteiger partial charge in [0.2, 0.25) is 17.7 Å². The van der Waals surface area contributed by atoms with E-state index in [2.05, 4.69) is 17.1 Å². The van der Waals surface area contributed by atoms with Crippen molar-refractivity contribution in [3.63, 3.8) is 0 Å². The molecule has 2 heterocycles. The van der Waals surface area contributed by atoms with E-state index in [0.717, 1.165) is 51.0 Å². The number of carbonyl (C=O) groups is 3. The van der Waals surface area contributed by atoms with Crippen LogP contribution >= 0.6 is 0 Å². The zero-order valence-electron chi connectivity index (χ0n) is 16.8. The van der Waals surface area contributed by atoms with Crippen LogP contribution in [0.1, 0.15) is 64.7 Å². The van der Waals surface area contributed by atoms with Gasteiger partial charge in [-0.25, -0.2) is 0 Å². The molecule has 0 aromatic carbocycles. The fourth-order valence-electron chi connectivity index (χ4n) is 4.93. The molecule has 1 saturated carbocycles. The van der Waals surface area contributed by atoms with Crippen LogP contribution < -0.4 is 5.32 Å². The monoisotopic (exact) mass is 377 g/mol. The summed E-state index contributed by atoms with van der Waals surface area (Å²) >= 11 is 0. The molecule has 3 amide bonds. The second-order valence-electron chi connectivity index (χ2n) is 8.68. The van der Waals surface area contributed by atoms with Gasteiger partial charge in [-0.15, -0.1) is 0 Å². The van der Waals surface area contributed by atoms with E-state index in [9.17, 15) is 14.4 Å². The maximum absolute atomic E-state index is 12.4.